The number of ether oxygens (including phenoxy) is 1. The predicted octanol–water partition coefficient (Wildman–Crippen LogP) is 2.98. The molecule has 1 heterocycles. The lowest BCUT2D eigenvalue weighted by Gasteiger charge is -2.12. The van der Waals surface area contributed by atoms with E-state index in [2.05, 4.69) is 10.3 Å². The van der Waals surface area contributed by atoms with Crippen molar-refractivity contribution in [2.45, 2.75) is 26.2 Å². The van der Waals surface area contributed by atoms with Crippen molar-refractivity contribution in [1.82, 2.24) is 10.3 Å². The van der Waals surface area contributed by atoms with Gasteiger partial charge in [-0.3, -0.25) is 9.18 Å². The third-order valence-corrected chi connectivity index (χ3v) is 4.30. The first-order valence-corrected chi connectivity index (χ1v) is 7.72. The molecule has 0 spiro atoms. The maximum Gasteiger partial charge on any atom is 0.224 e. The Labute approximate surface area is 129 Å². The highest BCUT2D eigenvalue weighted by Crippen LogP contribution is 2.45. The summed E-state index contributed by atoms with van der Waals surface area (Å²) in [5.74, 6) is 0.707. The van der Waals surface area contributed by atoms with Gasteiger partial charge in [-0.15, -0.1) is 0 Å². The minimum atomic E-state index is -0.352. The van der Waals surface area contributed by atoms with E-state index in [1.54, 1.807) is 0 Å². The summed E-state index contributed by atoms with van der Waals surface area (Å²) in [6.07, 6.45) is 3.85. The molecule has 1 aliphatic carbocycles. The third-order valence-electron chi connectivity index (χ3n) is 4.30. The molecule has 118 valence electrons. The highest BCUT2D eigenvalue weighted by Gasteiger charge is 2.42. The number of hydrogen-bond acceptors (Lipinski definition) is 2. The molecule has 22 heavy (non-hydrogen) atoms. The van der Waals surface area contributed by atoms with Gasteiger partial charge in [0.05, 0.1) is 19.7 Å². The summed E-state index contributed by atoms with van der Waals surface area (Å²) in [7, 11) is 0. The number of fused-ring (bicyclic) bond motifs is 1. The Morgan fingerprint density at radius 1 is 1.45 bits per heavy atom. The van der Waals surface area contributed by atoms with Crippen LogP contribution in [0.15, 0.2) is 24.4 Å². The van der Waals surface area contributed by atoms with Crippen LogP contribution in [0.1, 0.15) is 25.3 Å². The zero-order valence-electron chi connectivity index (χ0n) is 12.7. The van der Waals surface area contributed by atoms with Gasteiger partial charge in [0.15, 0.2) is 0 Å². The molecular formula is C17H21FN2O2. The fourth-order valence-corrected chi connectivity index (χ4v) is 2.69. The molecule has 4 nitrogen and oxygen atoms in total. The minimum Gasteiger partial charge on any atom is -0.493 e. The molecule has 0 unspecified atom stereocenters. The number of carbonyl (C=O) groups is 1. The summed E-state index contributed by atoms with van der Waals surface area (Å²) in [5, 5.41) is 3.81. The zero-order chi connectivity index (χ0) is 15.6. The summed E-state index contributed by atoms with van der Waals surface area (Å²) in [4.78, 5) is 15.3. The second-order valence-electron chi connectivity index (χ2n) is 6.01. The van der Waals surface area contributed by atoms with E-state index in [1.807, 2.05) is 31.3 Å². The SMILES string of the molecule is CCOc1cccc2[nH]cc(CC(=O)NCC3(CF)CC3)c12. The van der Waals surface area contributed by atoms with Gasteiger partial charge in [-0.2, -0.15) is 0 Å². The molecular weight excluding hydrogens is 283 g/mol. The molecule has 1 aromatic carbocycles. The van der Waals surface area contributed by atoms with E-state index in [0.717, 1.165) is 35.1 Å². The lowest BCUT2D eigenvalue weighted by molar-refractivity contribution is -0.120. The number of benzene rings is 1. The number of rotatable bonds is 7. The maximum atomic E-state index is 12.8. The van der Waals surface area contributed by atoms with Crippen molar-refractivity contribution >= 4 is 16.8 Å². The normalized spacial score (nSPS) is 15.7. The van der Waals surface area contributed by atoms with Crippen LogP contribution in [-0.2, 0) is 11.2 Å². The third kappa shape index (κ3) is 2.93. The molecule has 1 saturated carbocycles. The van der Waals surface area contributed by atoms with Gasteiger partial charge in [0.25, 0.3) is 0 Å². The van der Waals surface area contributed by atoms with Gasteiger partial charge in [-0.25, -0.2) is 0 Å². The van der Waals surface area contributed by atoms with E-state index < -0.39 is 0 Å². The first-order chi connectivity index (χ1) is 10.7. The Morgan fingerprint density at radius 2 is 2.27 bits per heavy atom. The monoisotopic (exact) mass is 304 g/mol. The summed E-state index contributed by atoms with van der Waals surface area (Å²) in [5.41, 5.74) is 1.57. The van der Waals surface area contributed by atoms with Gasteiger partial charge in [-0.1, -0.05) is 6.07 Å². The van der Waals surface area contributed by atoms with Crippen LogP contribution < -0.4 is 10.1 Å². The summed E-state index contributed by atoms with van der Waals surface area (Å²) >= 11 is 0. The fourth-order valence-electron chi connectivity index (χ4n) is 2.69. The number of aromatic amines is 1. The Hall–Kier alpha value is -2.04. The van der Waals surface area contributed by atoms with Gasteiger partial charge in [0.2, 0.25) is 5.91 Å². The summed E-state index contributed by atoms with van der Waals surface area (Å²) < 4.78 is 18.5. The number of alkyl halides is 1. The number of nitrogens with one attached hydrogen (secondary N) is 2. The van der Waals surface area contributed by atoms with Gasteiger partial charge < -0.3 is 15.0 Å². The molecule has 1 aliphatic rings. The second kappa shape index (κ2) is 5.99. The zero-order valence-corrected chi connectivity index (χ0v) is 12.7. The van der Waals surface area contributed by atoms with E-state index in [9.17, 15) is 9.18 Å². The molecule has 0 radical (unpaired) electrons. The number of hydrogen-bond donors (Lipinski definition) is 2. The summed E-state index contributed by atoms with van der Waals surface area (Å²) in [6, 6.07) is 5.79. The van der Waals surface area contributed by atoms with Crippen LogP contribution in [0, 0.1) is 5.41 Å². The predicted molar refractivity (Wildman–Crippen MR) is 83.8 cm³/mol. The highest BCUT2D eigenvalue weighted by atomic mass is 19.1. The van der Waals surface area contributed by atoms with Crippen molar-refractivity contribution in [3.63, 3.8) is 0 Å². The van der Waals surface area contributed by atoms with E-state index in [0.29, 0.717) is 13.2 Å². The fraction of sp³-hybridized carbons (Fsp3) is 0.471. The van der Waals surface area contributed by atoms with Crippen LogP contribution in [0.25, 0.3) is 10.9 Å². The number of halogens is 1. The molecule has 1 aromatic heterocycles. The van der Waals surface area contributed by atoms with Crippen molar-refractivity contribution in [2.24, 2.45) is 5.41 Å². The molecule has 1 fully saturated rings. The van der Waals surface area contributed by atoms with Crippen LogP contribution in [0.4, 0.5) is 4.39 Å². The van der Waals surface area contributed by atoms with E-state index in [4.69, 9.17) is 4.74 Å². The number of H-pyrrole nitrogens is 1. The first-order valence-electron chi connectivity index (χ1n) is 7.72. The van der Waals surface area contributed by atoms with Crippen LogP contribution in [0.5, 0.6) is 5.75 Å². The number of amides is 1. The Morgan fingerprint density at radius 3 is 2.95 bits per heavy atom. The molecule has 2 aromatic rings. The number of aromatic nitrogens is 1. The van der Waals surface area contributed by atoms with Crippen molar-refractivity contribution in [3.05, 3.63) is 30.0 Å². The maximum absolute atomic E-state index is 12.8. The molecule has 0 saturated heterocycles. The molecule has 2 N–H and O–H groups in total. The lowest BCUT2D eigenvalue weighted by Crippen LogP contribution is -2.32. The van der Waals surface area contributed by atoms with Crippen molar-refractivity contribution in [1.29, 1.82) is 0 Å². The topological polar surface area (TPSA) is 54.1 Å². The minimum absolute atomic E-state index is 0.0769. The summed E-state index contributed by atoms with van der Waals surface area (Å²) in [6.45, 7) is 2.59. The van der Waals surface area contributed by atoms with E-state index >= 15 is 0 Å². The quantitative estimate of drug-likeness (QED) is 0.826. The van der Waals surface area contributed by atoms with E-state index in [1.165, 1.54) is 0 Å². The van der Waals surface area contributed by atoms with Crippen LogP contribution in [0.3, 0.4) is 0 Å². The number of carbonyl (C=O) groups excluding carboxylic acids is 1. The molecule has 0 bridgehead atoms. The van der Waals surface area contributed by atoms with Crippen molar-refractivity contribution < 1.29 is 13.9 Å². The molecule has 0 aliphatic heterocycles. The Bertz CT molecular complexity index is 676. The Balaban J connectivity index is 1.71. The Kier molecular flexibility index (Phi) is 4.05. The molecule has 3 rings (SSSR count). The largest absolute Gasteiger partial charge is 0.493 e. The average Bonchev–Trinajstić information content (AvgIpc) is 3.21. The highest BCUT2D eigenvalue weighted by molar-refractivity contribution is 5.93. The molecule has 1 amide bonds. The smallest absolute Gasteiger partial charge is 0.224 e. The second-order valence-corrected chi connectivity index (χ2v) is 6.01. The van der Waals surface area contributed by atoms with Crippen molar-refractivity contribution in [3.8, 4) is 5.75 Å². The molecule has 5 heteroatoms. The first kappa shape index (κ1) is 14.9. The molecule has 0 atom stereocenters. The van der Waals surface area contributed by atoms with E-state index in [-0.39, 0.29) is 24.4 Å². The van der Waals surface area contributed by atoms with Gasteiger partial charge in [-0.05, 0) is 37.5 Å². The van der Waals surface area contributed by atoms with Gasteiger partial charge in [0.1, 0.15) is 5.75 Å². The van der Waals surface area contributed by atoms with Crippen LogP contribution >= 0.6 is 0 Å². The van der Waals surface area contributed by atoms with Gasteiger partial charge >= 0.3 is 0 Å². The van der Waals surface area contributed by atoms with Crippen LogP contribution in [-0.4, -0.2) is 30.7 Å². The van der Waals surface area contributed by atoms with Crippen molar-refractivity contribution in [2.75, 3.05) is 19.8 Å². The standard InChI is InChI=1S/C17H21FN2O2/c1-2-22-14-5-3-4-13-16(14)12(9-19-13)8-15(21)20-11-17(10-18)6-7-17/h3-5,9,19H,2,6-8,10-11H2,1H3,(H,20,21). The average molecular weight is 304 g/mol. The van der Waals surface area contributed by atoms with Gasteiger partial charge in [0, 0.05) is 29.1 Å². The van der Waals surface area contributed by atoms with Crippen LogP contribution in [0.2, 0.25) is 0 Å². The lowest BCUT2D eigenvalue weighted by atomic mass is 10.1.